The molecule has 0 saturated carbocycles. The highest BCUT2D eigenvalue weighted by Gasteiger charge is 2.21. The van der Waals surface area contributed by atoms with Gasteiger partial charge in [-0.05, 0) is 31.9 Å². The molecule has 0 aliphatic heterocycles. The van der Waals surface area contributed by atoms with Crippen molar-refractivity contribution in [1.29, 1.82) is 0 Å². The summed E-state index contributed by atoms with van der Waals surface area (Å²) in [6.45, 7) is 5.72. The van der Waals surface area contributed by atoms with Crippen LogP contribution in [0.2, 0.25) is 0 Å². The van der Waals surface area contributed by atoms with Crippen molar-refractivity contribution in [3.8, 4) is 0 Å². The van der Waals surface area contributed by atoms with E-state index in [4.69, 9.17) is 10.9 Å². The van der Waals surface area contributed by atoms with Crippen molar-refractivity contribution in [3.63, 3.8) is 0 Å². The molecule has 1 unspecified atom stereocenters. The second-order valence-corrected chi connectivity index (χ2v) is 4.29. The SMILES string of the molecule is CCC(C(=O)Nc1ccc(C)cc1C)C(N)=NO. The molecule has 1 aromatic carbocycles. The predicted octanol–water partition coefficient (Wildman–Crippen LogP) is 2.01. The molecule has 18 heavy (non-hydrogen) atoms. The zero-order valence-corrected chi connectivity index (χ0v) is 10.9. The fourth-order valence-corrected chi connectivity index (χ4v) is 1.77. The molecule has 0 spiro atoms. The quantitative estimate of drug-likeness (QED) is 0.330. The molecule has 0 aromatic heterocycles. The Labute approximate surface area is 107 Å². The molecule has 1 rings (SSSR count). The van der Waals surface area contributed by atoms with Gasteiger partial charge >= 0.3 is 0 Å². The third-order valence-corrected chi connectivity index (χ3v) is 2.84. The van der Waals surface area contributed by atoms with Gasteiger partial charge in [-0.2, -0.15) is 0 Å². The van der Waals surface area contributed by atoms with Gasteiger partial charge in [0.05, 0.1) is 5.92 Å². The fraction of sp³-hybridized carbons (Fsp3) is 0.385. The summed E-state index contributed by atoms with van der Waals surface area (Å²) in [5.74, 6) is -0.949. The summed E-state index contributed by atoms with van der Waals surface area (Å²) in [5, 5.41) is 14.3. The topological polar surface area (TPSA) is 87.7 Å². The van der Waals surface area contributed by atoms with Crippen LogP contribution < -0.4 is 11.1 Å². The van der Waals surface area contributed by atoms with E-state index in [0.717, 1.165) is 16.8 Å². The first-order valence-corrected chi connectivity index (χ1v) is 5.85. The molecule has 1 aromatic rings. The summed E-state index contributed by atoms with van der Waals surface area (Å²) >= 11 is 0. The number of rotatable bonds is 4. The van der Waals surface area contributed by atoms with E-state index < -0.39 is 5.92 Å². The summed E-state index contributed by atoms with van der Waals surface area (Å²) in [5.41, 5.74) is 8.35. The third kappa shape index (κ3) is 3.23. The van der Waals surface area contributed by atoms with Crippen LogP contribution in [-0.2, 0) is 4.79 Å². The van der Waals surface area contributed by atoms with Gasteiger partial charge in [0.2, 0.25) is 5.91 Å². The fourth-order valence-electron chi connectivity index (χ4n) is 1.77. The summed E-state index contributed by atoms with van der Waals surface area (Å²) < 4.78 is 0. The maximum Gasteiger partial charge on any atom is 0.235 e. The Hall–Kier alpha value is -2.04. The number of hydrogen-bond donors (Lipinski definition) is 3. The molecule has 5 nitrogen and oxygen atoms in total. The van der Waals surface area contributed by atoms with Crippen molar-refractivity contribution in [2.45, 2.75) is 27.2 Å². The lowest BCUT2D eigenvalue weighted by molar-refractivity contribution is -0.118. The molecule has 0 bridgehead atoms. The number of benzene rings is 1. The number of nitrogens with one attached hydrogen (secondary N) is 1. The van der Waals surface area contributed by atoms with Crippen LogP contribution in [0.1, 0.15) is 24.5 Å². The van der Waals surface area contributed by atoms with Gasteiger partial charge < -0.3 is 16.3 Å². The molecule has 4 N–H and O–H groups in total. The van der Waals surface area contributed by atoms with Gasteiger partial charge in [-0.25, -0.2) is 0 Å². The molecule has 0 aliphatic carbocycles. The lowest BCUT2D eigenvalue weighted by Gasteiger charge is -2.15. The van der Waals surface area contributed by atoms with Crippen LogP contribution in [0, 0.1) is 19.8 Å². The number of oxime groups is 1. The zero-order chi connectivity index (χ0) is 13.7. The lowest BCUT2D eigenvalue weighted by Crippen LogP contribution is -2.34. The number of carbonyl (C=O) groups excluding carboxylic acids is 1. The minimum atomic E-state index is -0.615. The maximum absolute atomic E-state index is 12.0. The van der Waals surface area contributed by atoms with Crippen molar-refractivity contribution >= 4 is 17.4 Å². The third-order valence-electron chi connectivity index (χ3n) is 2.84. The van der Waals surface area contributed by atoms with Crippen LogP contribution >= 0.6 is 0 Å². The Morgan fingerprint density at radius 3 is 2.67 bits per heavy atom. The number of nitrogens with two attached hydrogens (primary N) is 1. The van der Waals surface area contributed by atoms with E-state index in [-0.39, 0.29) is 11.7 Å². The van der Waals surface area contributed by atoms with Crippen molar-refractivity contribution < 1.29 is 10.0 Å². The number of anilines is 1. The van der Waals surface area contributed by atoms with Crippen molar-refractivity contribution in [1.82, 2.24) is 0 Å². The molecule has 98 valence electrons. The smallest absolute Gasteiger partial charge is 0.235 e. The molecule has 0 radical (unpaired) electrons. The number of amides is 1. The van der Waals surface area contributed by atoms with Crippen LogP contribution in [0.5, 0.6) is 0 Å². The highest BCUT2D eigenvalue weighted by Crippen LogP contribution is 2.17. The second-order valence-electron chi connectivity index (χ2n) is 4.29. The van der Waals surface area contributed by atoms with Crippen molar-refractivity contribution in [2.75, 3.05) is 5.32 Å². The lowest BCUT2D eigenvalue weighted by atomic mass is 10.0. The Morgan fingerprint density at radius 1 is 1.50 bits per heavy atom. The first-order valence-electron chi connectivity index (χ1n) is 5.85. The maximum atomic E-state index is 12.0. The van der Waals surface area contributed by atoms with Crippen LogP contribution in [0.3, 0.4) is 0 Å². The Morgan fingerprint density at radius 2 is 2.17 bits per heavy atom. The first kappa shape index (κ1) is 14.0. The Bertz CT molecular complexity index is 469. The second kappa shape index (κ2) is 6.05. The zero-order valence-electron chi connectivity index (χ0n) is 10.9. The van der Waals surface area contributed by atoms with Gasteiger partial charge in [0.15, 0.2) is 5.84 Å². The minimum absolute atomic E-state index is 0.0697. The van der Waals surface area contributed by atoms with E-state index in [1.54, 1.807) is 0 Å². The van der Waals surface area contributed by atoms with Crippen LogP contribution in [-0.4, -0.2) is 17.0 Å². The highest BCUT2D eigenvalue weighted by molar-refractivity contribution is 6.07. The number of aryl methyl sites for hydroxylation is 2. The molecule has 0 fully saturated rings. The average molecular weight is 249 g/mol. The molecular formula is C13H19N3O2. The van der Waals surface area contributed by atoms with Gasteiger partial charge in [0.1, 0.15) is 0 Å². The van der Waals surface area contributed by atoms with E-state index >= 15 is 0 Å². The molecule has 0 aliphatic rings. The van der Waals surface area contributed by atoms with Gasteiger partial charge in [-0.3, -0.25) is 4.79 Å². The largest absolute Gasteiger partial charge is 0.409 e. The molecular weight excluding hydrogens is 230 g/mol. The number of amidine groups is 1. The number of nitrogens with zero attached hydrogens (tertiary/aromatic N) is 1. The Balaban J connectivity index is 2.86. The van der Waals surface area contributed by atoms with Crippen molar-refractivity contribution in [2.24, 2.45) is 16.8 Å². The molecule has 0 heterocycles. The monoisotopic (exact) mass is 249 g/mol. The summed E-state index contributed by atoms with van der Waals surface area (Å²) in [6, 6.07) is 5.76. The molecule has 5 heteroatoms. The molecule has 0 saturated heterocycles. The minimum Gasteiger partial charge on any atom is -0.409 e. The van der Waals surface area contributed by atoms with Crippen LogP contribution in [0.25, 0.3) is 0 Å². The van der Waals surface area contributed by atoms with E-state index in [9.17, 15) is 4.79 Å². The predicted molar refractivity (Wildman–Crippen MR) is 71.7 cm³/mol. The van der Waals surface area contributed by atoms with E-state index in [0.29, 0.717) is 6.42 Å². The average Bonchev–Trinajstić information content (AvgIpc) is 2.33. The van der Waals surface area contributed by atoms with Gasteiger partial charge in [0.25, 0.3) is 0 Å². The standard InChI is InChI=1S/C13H19N3O2/c1-4-10(12(14)16-18)13(17)15-11-6-5-8(2)7-9(11)3/h5-7,10,18H,4H2,1-3H3,(H2,14,16)(H,15,17). The van der Waals surface area contributed by atoms with Gasteiger partial charge in [0, 0.05) is 5.69 Å². The first-order chi connectivity index (χ1) is 8.49. The van der Waals surface area contributed by atoms with E-state index in [1.165, 1.54) is 0 Å². The van der Waals surface area contributed by atoms with E-state index in [1.807, 2.05) is 39.0 Å². The summed E-state index contributed by atoms with van der Waals surface area (Å²) in [6.07, 6.45) is 0.479. The number of carbonyl (C=O) groups is 1. The summed E-state index contributed by atoms with van der Waals surface area (Å²) in [7, 11) is 0. The summed E-state index contributed by atoms with van der Waals surface area (Å²) in [4.78, 5) is 12.0. The van der Waals surface area contributed by atoms with E-state index in [2.05, 4.69) is 10.5 Å². The van der Waals surface area contributed by atoms with Crippen LogP contribution in [0.15, 0.2) is 23.4 Å². The molecule has 1 amide bonds. The Kier molecular flexibility index (Phi) is 4.71. The van der Waals surface area contributed by atoms with Crippen molar-refractivity contribution in [3.05, 3.63) is 29.3 Å². The van der Waals surface area contributed by atoms with Gasteiger partial charge in [-0.15, -0.1) is 0 Å². The highest BCUT2D eigenvalue weighted by atomic mass is 16.4. The molecule has 1 atom stereocenters. The normalized spacial score (nSPS) is 13.2. The number of hydrogen-bond acceptors (Lipinski definition) is 3. The van der Waals surface area contributed by atoms with Crippen LogP contribution in [0.4, 0.5) is 5.69 Å². The van der Waals surface area contributed by atoms with Gasteiger partial charge in [-0.1, -0.05) is 29.8 Å².